The van der Waals surface area contributed by atoms with Crippen LogP contribution in [0.5, 0.6) is 0 Å². The Hall–Kier alpha value is -1.88. The Morgan fingerprint density at radius 3 is 2.76 bits per heavy atom. The first-order valence-electron chi connectivity index (χ1n) is 4.91. The van der Waals surface area contributed by atoms with Gasteiger partial charge in [-0.05, 0) is 25.1 Å². The van der Waals surface area contributed by atoms with Gasteiger partial charge >= 0.3 is 5.69 Å². The second-order valence-electron chi connectivity index (χ2n) is 3.71. The van der Waals surface area contributed by atoms with Gasteiger partial charge in [0.25, 0.3) is 5.56 Å². The van der Waals surface area contributed by atoms with E-state index in [2.05, 4.69) is 4.98 Å². The summed E-state index contributed by atoms with van der Waals surface area (Å²) in [5, 5.41) is 0.757. The van der Waals surface area contributed by atoms with Crippen molar-refractivity contribution >= 4 is 28.3 Å². The lowest BCUT2D eigenvalue weighted by atomic mass is 10.2. The van der Waals surface area contributed by atoms with Crippen molar-refractivity contribution in [3.05, 3.63) is 44.1 Å². The van der Waals surface area contributed by atoms with E-state index in [0.29, 0.717) is 15.9 Å². The van der Waals surface area contributed by atoms with Gasteiger partial charge in [-0.15, -0.1) is 0 Å². The number of benzene rings is 1. The van der Waals surface area contributed by atoms with Crippen LogP contribution in [0, 0.1) is 0 Å². The lowest BCUT2D eigenvalue weighted by molar-refractivity contribution is -0.117. The molecule has 0 saturated heterocycles. The zero-order valence-corrected chi connectivity index (χ0v) is 9.75. The number of halogens is 1. The Labute approximate surface area is 101 Å². The van der Waals surface area contributed by atoms with E-state index in [1.807, 2.05) is 0 Å². The average Bonchev–Trinajstić information content (AvgIpc) is 2.23. The summed E-state index contributed by atoms with van der Waals surface area (Å²) in [6.07, 6.45) is 0. The number of Topliss-reactive ketones (excluding diaryl/α,β-unsaturated/α-hetero) is 1. The molecule has 0 bridgehead atoms. The van der Waals surface area contributed by atoms with E-state index in [1.165, 1.54) is 19.1 Å². The predicted molar refractivity (Wildman–Crippen MR) is 64.5 cm³/mol. The number of hydrogen-bond donors (Lipinski definition) is 1. The highest BCUT2D eigenvalue weighted by atomic mass is 35.5. The van der Waals surface area contributed by atoms with Crippen molar-refractivity contribution in [2.75, 3.05) is 0 Å². The molecule has 5 nitrogen and oxygen atoms in total. The number of nitrogens with zero attached hydrogens (tertiary/aromatic N) is 1. The van der Waals surface area contributed by atoms with Gasteiger partial charge in [0, 0.05) is 5.02 Å². The number of ketones is 1. The maximum Gasteiger partial charge on any atom is 0.329 e. The molecule has 0 atom stereocenters. The van der Waals surface area contributed by atoms with Gasteiger partial charge in [0.1, 0.15) is 5.78 Å². The molecule has 17 heavy (non-hydrogen) atoms. The summed E-state index contributed by atoms with van der Waals surface area (Å²) in [5.74, 6) is -0.258. The number of aromatic nitrogens is 2. The van der Waals surface area contributed by atoms with Crippen LogP contribution in [0.3, 0.4) is 0 Å². The molecule has 1 aromatic heterocycles. The molecule has 0 aliphatic rings. The number of fused-ring (bicyclic) bond motifs is 1. The van der Waals surface area contributed by atoms with E-state index in [9.17, 15) is 14.4 Å². The van der Waals surface area contributed by atoms with Gasteiger partial charge in [-0.3, -0.25) is 14.2 Å². The number of aromatic amines is 1. The fraction of sp³-hybridized carbons (Fsp3) is 0.182. The van der Waals surface area contributed by atoms with Gasteiger partial charge in [-0.1, -0.05) is 11.6 Å². The highest BCUT2D eigenvalue weighted by Gasteiger charge is 2.09. The van der Waals surface area contributed by atoms with Gasteiger partial charge in [0.15, 0.2) is 0 Å². The first kappa shape index (κ1) is 11.6. The van der Waals surface area contributed by atoms with E-state index >= 15 is 0 Å². The van der Waals surface area contributed by atoms with Crippen molar-refractivity contribution in [2.24, 2.45) is 0 Å². The molecule has 0 saturated carbocycles. The molecule has 0 amide bonds. The molecule has 0 unspecified atom stereocenters. The number of carbonyl (C=O) groups is 1. The Kier molecular flexibility index (Phi) is 2.85. The third-order valence-corrected chi connectivity index (χ3v) is 2.56. The summed E-state index contributed by atoms with van der Waals surface area (Å²) in [6.45, 7) is 1.09. The fourth-order valence-corrected chi connectivity index (χ4v) is 1.77. The number of nitrogens with one attached hydrogen (secondary N) is 1. The van der Waals surface area contributed by atoms with E-state index in [1.54, 1.807) is 6.07 Å². The monoisotopic (exact) mass is 252 g/mol. The molecule has 6 heteroatoms. The summed E-state index contributed by atoms with van der Waals surface area (Å²) in [6, 6.07) is 4.58. The maximum absolute atomic E-state index is 11.9. The summed E-state index contributed by atoms with van der Waals surface area (Å²) < 4.78 is 0.874. The van der Waals surface area contributed by atoms with Gasteiger partial charge in [0.2, 0.25) is 0 Å². The Morgan fingerprint density at radius 2 is 2.12 bits per heavy atom. The molecule has 1 N–H and O–H groups in total. The SMILES string of the molecule is CC(=O)Cn1c(=O)[nH]c2cc(Cl)ccc2c1=O. The second kappa shape index (κ2) is 4.18. The largest absolute Gasteiger partial charge is 0.329 e. The zero-order chi connectivity index (χ0) is 12.6. The topological polar surface area (TPSA) is 71.9 Å². The van der Waals surface area contributed by atoms with Crippen molar-refractivity contribution in [3.8, 4) is 0 Å². The molecular formula is C11H9ClN2O3. The smallest absolute Gasteiger partial charge is 0.307 e. The summed E-state index contributed by atoms with van der Waals surface area (Å²) in [5.41, 5.74) is -0.733. The van der Waals surface area contributed by atoms with Crippen LogP contribution < -0.4 is 11.2 Å². The molecule has 0 radical (unpaired) electrons. The van der Waals surface area contributed by atoms with Crippen molar-refractivity contribution < 1.29 is 4.79 Å². The minimum absolute atomic E-state index is 0.229. The molecule has 0 spiro atoms. The van der Waals surface area contributed by atoms with Gasteiger partial charge in [-0.2, -0.15) is 0 Å². The standard InChI is InChI=1S/C11H9ClN2O3/c1-6(15)5-14-10(16)8-3-2-7(12)4-9(8)13-11(14)17/h2-4H,5H2,1H3,(H,13,17). The molecular weight excluding hydrogens is 244 g/mol. The molecule has 0 fully saturated rings. The van der Waals surface area contributed by atoms with Gasteiger partial charge in [-0.25, -0.2) is 4.79 Å². The van der Waals surface area contributed by atoms with Crippen LogP contribution in [0.15, 0.2) is 27.8 Å². The Bertz CT molecular complexity index is 715. The zero-order valence-electron chi connectivity index (χ0n) is 8.99. The van der Waals surface area contributed by atoms with E-state index in [4.69, 9.17) is 11.6 Å². The van der Waals surface area contributed by atoms with Gasteiger partial charge in [0.05, 0.1) is 17.4 Å². The molecule has 88 valence electrons. The molecule has 0 aliphatic heterocycles. The molecule has 1 aromatic carbocycles. The quantitative estimate of drug-likeness (QED) is 0.864. The van der Waals surface area contributed by atoms with E-state index < -0.39 is 11.2 Å². The average molecular weight is 253 g/mol. The summed E-state index contributed by atoms with van der Waals surface area (Å²) >= 11 is 5.76. The molecule has 2 aromatic rings. The third-order valence-electron chi connectivity index (χ3n) is 2.32. The minimum atomic E-state index is -0.611. The van der Waals surface area contributed by atoms with Crippen LogP contribution in [0.4, 0.5) is 0 Å². The number of hydrogen-bond acceptors (Lipinski definition) is 3. The van der Waals surface area contributed by atoms with Gasteiger partial charge < -0.3 is 4.98 Å². The third kappa shape index (κ3) is 2.14. The lowest BCUT2D eigenvalue weighted by Crippen LogP contribution is -2.36. The molecule has 0 aliphatic carbocycles. The minimum Gasteiger partial charge on any atom is -0.307 e. The van der Waals surface area contributed by atoms with Crippen molar-refractivity contribution in [2.45, 2.75) is 13.5 Å². The van der Waals surface area contributed by atoms with E-state index in [0.717, 1.165) is 4.57 Å². The highest BCUT2D eigenvalue weighted by Crippen LogP contribution is 2.13. The first-order chi connectivity index (χ1) is 7.99. The molecule has 1 heterocycles. The van der Waals surface area contributed by atoms with Crippen molar-refractivity contribution in [3.63, 3.8) is 0 Å². The molecule has 2 rings (SSSR count). The van der Waals surface area contributed by atoms with E-state index in [-0.39, 0.29) is 12.3 Å². The Morgan fingerprint density at radius 1 is 1.41 bits per heavy atom. The van der Waals surface area contributed by atoms with Crippen LogP contribution in [0.25, 0.3) is 10.9 Å². The first-order valence-corrected chi connectivity index (χ1v) is 5.28. The van der Waals surface area contributed by atoms with Crippen LogP contribution in [-0.2, 0) is 11.3 Å². The predicted octanol–water partition coefficient (Wildman–Crippen LogP) is 0.932. The summed E-state index contributed by atoms with van der Waals surface area (Å²) in [7, 11) is 0. The number of rotatable bonds is 2. The second-order valence-corrected chi connectivity index (χ2v) is 4.15. The number of H-pyrrole nitrogens is 1. The van der Waals surface area contributed by atoms with Crippen LogP contribution in [-0.4, -0.2) is 15.3 Å². The van der Waals surface area contributed by atoms with Crippen LogP contribution in [0.2, 0.25) is 5.02 Å². The lowest BCUT2D eigenvalue weighted by Gasteiger charge is -2.04. The fourth-order valence-electron chi connectivity index (χ4n) is 1.59. The number of carbonyl (C=O) groups excluding carboxylic acids is 1. The van der Waals surface area contributed by atoms with Crippen molar-refractivity contribution in [1.82, 2.24) is 9.55 Å². The van der Waals surface area contributed by atoms with Crippen LogP contribution in [0.1, 0.15) is 6.92 Å². The normalized spacial score (nSPS) is 10.7. The Balaban J connectivity index is 2.81. The van der Waals surface area contributed by atoms with Crippen LogP contribution >= 0.6 is 11.6 Å². The highest BCUT2D eigenvalue weighted by molar-refractivity contribution is 6.31. The summed E-state index contributed by atoms with van der Waals surface area (Å²) in [4.78, 5) is 37.0. The van der Waals surface area contributed by atoms with Crippen molar-refractivity contribution in [1.29, 1.82) is 0 Å². The maximum atomic E-state index is 11.9.